The molecule has 0 aromatic heterocycles. The summed E-state index contributed by atoms with van der Waals surface area (Å²) in [4.78, 5) is 27.0. The molecule has 2 amide bonds. The topological polar surface area (TPSA) is 49.4 Å². The highest BCUT2D eigenvalue weighted by Crippen LogP contribution is 2.25. The first-order valence-corrected chi connectivity index (χ1v) is 11.4. The number of amides is 2. The van der Waals surface area contributed by atoms with Crippen LogP contribution in [0.5, 0.6) is 0 Å². The van der Waals surface area contributed by atoms with Crippen molar-refractivity contribution in [3.8, 4) is 0 Å². The van der Waals surface area contributed by atoms with E-state index >= 15 is 0 Å². The molecule has 2 aromatic rings. The number of benzene rings is 2. The Labute approximate surface area is 190 Å². The van der Waals surface area contributed by atoms with Crippen molar-refractivity contribution in [2.45, 2.75) is 31.7 Å². The Bertz CT molecular complexity index is 846. The number of carbonyl (C=O) groups is 2. The second-order valence-corrected chi connectivity index (χ2v) is 8.68. The maximum atomic E-state index is 13.0. The van der Waals surface area contributed by atoms with Crippen LogP contribution in [0.15, 0.2) is 42.5 Å². The summed E-state index contributed by atoms with van der Waals surface area (Å²) in [5, 5.41) is 4.43. The summed E-state index contributed by atoms with van der Waals surface area (Å²) in [5.74, 6) is 0.527. The van der Waals surface area contributed by atoms with Gasteiger partial charge in [-0.05, 0) is 41.8 Å². The van der Waals surface area contributed by atoms with Crippen LogP contribution >= 0.6 is 46.6 Å². The molecule has 0 saturated heterocycles. The van der Waals surface area contributed by atoms with Gasteiger partial charge in [0.25, 0.3) is 0 Å². The first kappa shape index (κ1) is 23.9. The normalized spacial score (nSPS) is 11.8. The van der Waals surface area contributed by atoms with Gasteiger partial charge in [-0.25, -0.2) is 0 Å². The van der Waals surface area contributed by atoms with E-state index in [1.165, 1.54) is 11.8 Å². The molecule has 0 fully saturated rings. The van der Waals surface area contributed by atoms with Crippen molar-refractivity contribution < 1.29 is 9.59 Å². The van der Waals surface area contributed by atoms with Crippen LogP contribution in [-0.4, -0.2) is 35.6 Å². The van der Waals surface area contributed by atoms with E-state index in [9.17, 15) is 9.59 Å². The summed E-state index contributed by atoms with van der Waals surface area (Å²) in [5.41, 5.74) is 1.83. The highest BCUT2D eigenvalue weighted by molar-refractivity contribution is 7.99. The molecule has 0 aliphatic heterocycles. The summed E-state index contributed by atoms with van der Waals surface area (Å²) >= 11 is 19.5. The fourth-order valence-corrected chi connectivity index (χ4v) is 4.44. The van der Waals surface area contributed by atoms with Crippen LogP contribution in [0.1, 0.15) is 24.5 Å². The number of likely N-dealkylation sites (N-methyl/N-ethyl adjacent to an activating group) is 1. The third-order valence-corrected chi connectivity index (χ3v) is 6.20. The molecule has 2 rings (SSSR count). The second kappa shape index (κ2) is 11.7. The lowest BCUT2D eigenvalue weighted by Crippen LogP contribution is -2.48. The molecule has 2 aromatic carbocycles. The fraction of sp³-hybridized carbons (Fsp3) is 0.333. The minimum absolute atomic E-state index is 0.106. The maximum Gasteiger partial charge on any atom is 0.242 e. The largest absolute Gasteiger partial charge is 0.357 e. The van der Waals surface area contributed by atoms with Gasteiger partial charge in [-0.2, -0.15) is 0 Å². The van der Waals surface area contributed by atoms with Crippen molar-refractivity contribution in [3.63, 3.8) is 0 Å². The SMILES string of the molecule is CC[C@@H](C(=O)NC)N(Cc1ccc(Cl)cc1)C(=O)CSCc1ccc(Cl)cc1Cl. The van der Waals surface area contributed by atoms with Gasteiger partial charge in [0.15, 0.2) is 0 Å². The minimum atomic E-state index is -0.539. The van der Waals surface area contributed by atoms with Gasteiger partial charge in [-0.15, -0.1) is 11.8 Å². The smallest absolute Gasteiger partial charge is 0.242 e. The van der Waals surface area contributed by atoms with E-state index in [1.807, 2.05) is 25.1 Å². The zero-order chi connectivity index (χ0) is 21.4. The van der Waals surface area contributed by atoms with E-state index in [2.05, 4.69) is 5.32 Å². The van der Waals surface area contributed by atoms with Crippen LogP contribution in [-0.2, 0) is 21.9 Å². The molecule has 0 saturated carbocycles. The van der Waals surface area contributed by atoms with Crippen LogP contribution in [0.25, 0.3) is 0 Å². The van der Waals surface area contributed by atoms with Crippen molar-refractivity contribution in [2.75, 3.05) is 12.8 Å². The third kappa shape index (κ3) is 7.10. The Kier molecular flexibility index (Phi) is 9.63. The number of rotatable bonds is 9. The summed E-state index contributed by atoms with van der Waals surface area (Å²) in [6, 6.07) is 12.0. The third-order valence-electron chi connectivity index (χ3n) is 4.40. The van der Waals surface area contributed by atoms with Crippen LogP contribution in [0.2, 0.25) is 15.1 Å². The van der Waals surface area contributed by atoms with Gasteiger partial charge in [0.1, 0.15) is 6.04 Å². The van der Waals surface area contributed by atoms with E-state index in [0.717, 1.165) is 11.1 Å². The molecule has 0 heterocycles. The predicted molar refractivity (Wildman–Crippen MR) is 123 cm³/mol. The molecule has 29 heavy (non-hydrogen) atoms. The molecule has 1 N–H and O–H groups in total. The van der Waals surface area contributed by atoms with E-state index in [4.69, 9.17) is 34.8 Å². The van der Waals surface area contributed by atoms with Gasteiger partial charge in [0, 0.05) is 34.4 Å². The average Bonchev–Trinajstić information content (AvgIpc) is 2.70. The summed E-state index contributed by atoms with van der Waals surface area (Å²) in [6.45, 7) is 2.23. The molecule has 8 heteroatoms. The van der Waals surface area contributed by atoms with Crippen LogP contribution in [0.3, 0.4) is 0 Å². The van der Waals surface area contributed by atoms with Crippen molar-refractivity contribution in [1.29, 1.82) is 0 Å². The van der Waals surface area contributed by atoms with Crippen LogP contribution in [0.4, 0.5) is 0 Å². The zero-order valence-corrected chi connectivity index (χ0v) is 19.3. The Hall–Kier alpha value is -1.40. The molecule has 0 unspecified atom stereocenters. The van der Waals surface area contributed by atoms with Gasteiger partial charge < -0.3 is 10.2 Å². The Balaban J connectivity index is 2.10. The number of halogens is 3. The van der Waals surface area contributed by atoms with Crippen molar-refractivity contribution in [3.05, 3.63) is 68.7 Å². The quantitative estimate of drug-likeness (QED) is 0.528. The summed E-state index contributed by atoms with van der Waals surface area (Å²) < 4.78 is 0. The Morgan fingerprint density at radius 3 is 2.31 bits per heavy atom. The minimum Gasteiger partial charge on any atom is -0.357 e. The lowest BCUT2D eigenvalue weighted by atomic mass is 10.1. The molecule has 0 spiro atoms. The highest BCUT2D eigenvalue weighted by Gasteiger charge is 2.27. The summed E-state index contributed by atoms with van der Waals surface area (Å²) in [6.07, 6.45) is 0.521. The molecular weight excluding hydrogens is 451 g/mol. The van der Waals surface area contributed by atoms with Crippen molar-refractivity contribution in [2.24, 2.45) is 0 Å². The first-order valence-electron chi connectivity index (χ1n) is 9.12. The summed E-state index contributed by atoms with van der Waals surface area (Å²) in [7, 11) is 1.58. The van der Waals surface area contributed by atoms with Gasteiger partial charge in [-0.3, -0.25) is 9.59 Å². The van der Waals surface area contributed by atoms with E-state index in [1.54, 1.807) is 36.2 Å². The lowest BCUT2D eigenvalue weighted by molar-refractivity contribution is -0.139. The predicted octanol–water partition coefficient (Wildman–Crippen LogP) is 5.43. The van der Waals surface area contributed by atoms with Crippen molar-refractivity contribution in [1.82, 2.24) is 10.2 Å². The monoisotopic (exact) mass is 472 g/mol. The number of nitrogens with zero attached hydrogens (tertiary/aromatic N) is 1. The first-order chi connectivity index (χ1) is 13.8. The Morgan fingerprint density at radius 2 is 1.72 bits per heavy atom. The van der Waals surface area contributed by atoms with Crippen LogP contribution < -0.4 is 5.32 Å². The van der Waals surface area contributed by atoms with E-state index < -0.39 is 6.04 Å². The molecule has 0 aliphatic carbocycles. The number of carbonyl (C=O) groups excluding carboxylic acids is 2. The molecule has 0 aliphatic rings. The van der Waals surface area contributed by atoms with Gasteiger partial charge in [0.2, 0.25) is 11.8 Å². The number of thioether (sulfide) groups is 1. The fourth-order valence-electron chi connectivity index (χ4n) is 2.84. The second-order valence-electron chi connectivity index (χ2n) is 6.41. The molecule has 0 bridgehead atoms. The van der Waals surface area contributed by atoms with Gasteiger partial charge in [-0.1, -0.05) is 59.9 Å². The number of nitrogens with one attached hydrogen (secondary N) is 1. The van der Waals surface area contributed by atoms with E-state index in [-0.39, 0.29) is 17.6 Å². The number of hydrogen-bond donors (Lipinski definition) is 1. The standard InChI is InChI=1S/C21H23Cl3N2O2S/c1-3-19(21(28)25-2)26(11-14-4-7-16(22)8-5-14)20(27)13-29-12-15-6-9-17(23)10-18(15)24/h4-10,19H,3,11-13H2,1-2H3,(H,25,28)/t19-/m0/s1. The maximum absolute atomic E-state index is 13.0. The van der Waals surface area contributed by atoms with Gasteiger partial charge in [0.05, 0.1) is 5.75 Å². The highest BCUT2D eigenvalue weighted by atomic mass is 35.5. The molecule has 156 valence electrons. The van der Waals surface area contributed by atoms with E-state index in [0.29, 0.717) is 33.8 Å². The molecular formula is C21H23Cl3N2O2S. The van der Waals surface area contributed by atoms with Crippen molar-refractivity contribution >= 4 is 58.4 Å². The molecule has 1 atom stereocenters. The van der Waals surface area contributed by atoms with Gasteiger partial charge >= 0.3 is 0 Å². The molecule has 4 nitrogen and oxygen atoms in total. The Morgan fingerprint density at radius 1 is 1.07 bits per heavy atom. The number of hydrogen-bond acceptors (Lipinski definition) is 3. The van der Waals surface area contributed by atoms with Crippen LogP contribution in [0, 0.1) is 0 Å². The lowest BCUT2D eigenvalue weighted by Gasteiger charge is -2.30. The average molecular weight is 474 g/mol. The zero-order valence-electron chi connectivity index (χ0n) is 16.3. The molecule has 0 radical (unpaired) electrons.